The minimum Gasteiger partial charge on any atom is -0.481 e. The van der Waals surface area contributed by atoms with Crippen LogP contribution in [0.15, 0.2) is 18.3 Å². The number of aromatic nitrogens is 1. The van der Waals surface area contributed by atoms with Crippen LogP contribution in [0.4, 0.5) is 4.79 Å². The van der Waals surface area contributed by atoms with E-state index in [9.17, 15) is 14.7 Å². The fourth-order valence-corrected chi connectivity index (χ4v) is 3.78. The molecule has 2 heterocycles. The van der Waals surface area contributed by atoms with Gasteiger partial charge in [-0.3, -0.25) is 4.79 Å². The van der Waals surface area contributed by atoms with Crippen molar-refractivity contribution in [1.29, 1.82) is 0 Å². The molecule has 0 bridgehead atoms. The zero-order valence-corrected chi connectivity index (χ0v) is 14.0. The van der Waals surface area contributed by atoms with E-state index in [2.05, 4.69) is 10.3 Å². The quantitative estimate of drug-likeness (QED) is 0.790. The van der Waals surface area contributed by atoms with Gasteiger partial charge in [-0.2, -0.15) is 0 Å². The van der Waals surface area contributed by atoms with Crippen LogP contribution in [0, 0.1) is 11.3 Å². The van der Waals surface area contributed by atoms with Gasteiger partial charge in [0.15, 0.2) is 0 Å². The molecule has 2 aliphatic rings. The smallest absolute Gasteiger partial charge is 0.317 e. The van der Waals surface area contributed by atoms with Crippen LogP contribution in [0.25, 0.3) is 0 Å². The Morgan fingerprint density at radius 1 is 1.50 bits per heavy atom. The van der Waals surface area contributed by atoms with Gasteiger partial charge in [-0.25, -0.2) is 9.78 Å². The van der Waals surface area contributed by atoms with Crippen LogP contribution in [0.3, 0.4) is 0 Å². The third kappa shape index (κ3) is 3.26. The number of carbonyl (C=O) groups excluding carboxylic acids is 1. The summed E-state index contributed by atoms with van der Waals surface area (Å²) in [5, 5.41) is 12.8. The molecule has 1 aromatic heterocycles. The van der Waals surface area contributed by atoms with Gasteiger partial charge < -0.3 is 20.1 Å². The van der Waals surface area contributed by atoms with Crippen LogP contribution in [-0.2, 0) is 4.79 Å². The van der Waals surface area contributed by atoms with Crippen molar-refractivity contribution >= 4 is 23.6 Å². The lowest BCUT2D eigenvalue weighted by molar-refractivity contribution is -0.149. The SMILES string of the molecule is O=C(NCCOc1ccc(Cl)cn1)N1C[C@@H]2CCC[C@@]2(C(=O)O)C1. The number of carboxylic acid groups (broad SMARTS) is 1. The molecule has 0 aromatic carbocycles. The molecule has 2 amide bonds. The molecule has 2 fully saturated rings. The van der Waals surface area contributed by atoms with Crippen LogP contribution >= 0.6 is 11.6 Å². The maximum absolute atomic E-state index is 12.2. The zero-order chi connectivity index (χ0) is 17.2. The Kier molecular flexibility index (Phi) is 4.80. The second-order valence-corrected chi connectivity index (χ2v) is 6.76. The maximum Gasteiger partial charge on any atom is 0.317 e. The van der Waals surface area contributed by atoms with Gasteiger partial charge in [0.1, 0.15) is 6.61 Å². The summed E-state index contributed by atoms with van der Waals surface area (Å²) in [4.78, 5) is 29.5. The minimum absolute atomic E-state index is 0.0651. The predicted octanol–water partition coefficient (Wildman–Crippen LogP) is 2.01. The standard InChI is InChI=1S/C16H20ClN3O4/c17-12-3-4-13(19-8-12)24-7-6-18-15(23)20-9-11-2-1-5-16(11,10-20)14(21)22/h3-4,8,11H,1-2,5-7,9-10H2,(H,18,23)(H,21,22)/t11-,16+/m0/s1. The van der Waals surface area contributed by atoms with E-state index >= 15 is 0 Å². The molecule has 8 heteroatoms. The van der Waals surface area contributed by atoms with Crippen molar-refractivity contribution in [3.05, 3.63) is 23.4 Å². The van der Waals surface area contributed by atoms with E-state index in [1.165, 1.54) is 6.20 Å². The van der Waals surface area contributed by atoms with Crippen molar-refractivity contribution in [3.8, 4) is 5.88 Å². The van der Waals surface area contributed by atoms with Gasteiger partial charge in [-0.15, -0.1) is 0 Å². The van der Waals surface area contributed by atoms with Crippen LogP contribution < -0.4 is 10.1 Å². The van der Waals surface area contributed by atoms with Gasteiger partial charge in [-0.1, -0.05) is 18.0 Å². The molecule has 3 rings (SSSR count). The number of rotatable bonds is 5. The molecular weight excluding hydrogens is 334 g/mol. The predicted molar refractivity (Wildman–Crippen MR) is 87.1 cm³/mol. The average Bonchev–Trinajstić information content (AvgIpc) is 3.11. The number of pyridine rings is 1. The average molecular weight is 354 g/mol. The van der Waals surface area contributed by atoms with Crippen LogP contribution in [-0.4, -0.2) is 53.2 Å². The summed E-state index contributed by atoms with van der Waals surface area (Å²) in [6.45, 7) is 1.41. The molecule has 2 atom stereocenters. The van der Waals surface area contributed by atoms with Gasteiger partial charge in [0, 0.05) is 25.4 Å². The fraction of sp³-hybridized carbons (Fsp3) is 0.562. The molecule has 2 N–H and O–H groups in total. The molecule has 0 spiro atoms. The first-order valence-corrected chi connectivity index (χ1v) is 8.39. The first-order valence-electron chi connectivity index (χ1n) is 8.02. The van der Waals surface area contributed by atoms with Crippen LogP contribution in [0.2, 0.25) is 5.02 Å². The summed E-state index contributed by atoms with van der Waals surface area (Å²) >= 11 is 5.74. The first-order chi connectivity index (χ1) is 11.5. The van der Waals surface area contributed by atoms with Crippen molar-refractivity contribution in [2.24, 2.45) is 11.3 Å². The number of hydrogen-bond donors (Lipinski definition) is 2. The summed E-state index contributed by atoms with van der Waals surface area (Å²) in [6.07, 6.45) is 3.95. The molecule has 1 aliphatic heterocycles. The molecule has 0 unspecified atom stereocenters. The Labute approximate surface area is 144 Å². The molecule has 7 nitrogen and oxygen atoms in total. The van der Waals surface area contributed by atoms with Crippen molar-refractivity contribution in [2.75, 3.05) is 26.2 Å². The largest absolute Gasteiger partial charge is 0.481 e. The number of carboxylic acids is 1. The summed E-state index contributed by atoms with van der Waals surface area (Å²) in [5.41, 5.74) is -0.749. The third-order valence-electron chi connectivity index (χ3n) is 4.91. The summed E-state index contributed by atoms with van der Waals surface area (Å²) < 4.78 is 5.41. The number of ether oxygens (including phenoxy) is 1. The molecule has 1 aliphatic carbocycles. The van der Waals surface area contributed by atoms with E-state index in [4.69, 9.17) is 16.3 Å². The second-order valence-electron chi connectivity index (χ2n) is 6.33. The molecule has 1 saturated carbocycles. The molecule has 1 aromatic rings. The normalized spacial score (nSPS) is 25.4. The number of likely N-dealkylation sites (tertiary alicyclic amines) is 1. The lowest BCUT2D eigenvalue weighted by atomic mass is 9.81. The Morgan fingerprint density at radius 2 is 2.33 bits per heavy atom. The molecule has 0 radical (unpaired) electrons. The van der Waals surface area contributed by atoms with Crippen molar-refractivity contribution < 1.29 is 19.4 Å². The number of amides is 2. The number of nitrogens with zero attached hydrogens (tertiary/aromatic N) is 2. The van der Waals surface area contributed by atoms with Crippen molar-refractivity contribution in [3.63, 3.8) is 0 Å². The topological polar surface area (TPSA) is 91.8 Å². The van der Waals surface area contributed by atoms with Gasteiger partial charge in [-0.05, 0) is 24.8 Å². The number of halogens is 1. The van der Waals surface area contributed by atoms with Crippen molar-refractivity contribution in [1.82, 2.24) is 15.2 Å². The monoisotopic (exact) mass is 353 g/mol. The summed E-state index contributed by atoms with van der Waals surface area (Å²) in [6, 6.07) is 3.09. The number of urea groups is 1. The fourth-order valence-electron chi connectivity index (χ4n) is 3.67. The van der Waals surface area contributed by atoms with Crippen LogP contribution in [0.1, 0.15) is 19.3 Å². The Balaban J connectivity index is 1.45. The second kappa shape index (κ2) is 6.84. The van der Waals surface area contributed by atoms with E-state index in [-0.39, 0.29) is 18.6 Å². The zero-order valence-electron chi connectivity index (χ0n) is 13.2. The summed E-state index contributed by atoms with van der Waals surface area (Å²) in [7, 11) is 0. The lowest BCUT2D eigenvalue weighted by Crippen LogP contribution is -2.42. The van der Waals surface area contributed by atoms with Gasteiger partial charge in [0.2, 0.25) is 5.88 Å². The Bertz CT molecular complexity index is 624. The van der Waals surface area contributed by atoms with E-state index in [1.807, 2.05) is 0 Å². The number of carbonyl (C=O) groups is 2. The highest BCUT2D eigenvalue weighted by atomic mass is 35.5. The summed E-state index contributed by atoms with van der Waals surface area (Å²) in [5.74, 6) is -0.276. The van der Waals surface area contributed by atoms with E-state index in [0.717, 1.165) is 12.8 Å². The number of fused-ring (bicyclic) bond motifs is 1. The Hall–Kier alpha value is -2.02. The molecule has 1 saturated heterocycles. The van der Waals surface area contributed by atoms with E-state index in [0.29, 0.717) is 37.0 Å². The van der Waals surface area contributed by atoms with Gasteiger partial charge in [0.25, 0.3) is 0 Å². The number of hydrogen-bond acceptors (Lipinski definition) is 4. The van der Waals surface area contributed by atoms with Gasteiger partial charge >= 0.3 is 12.0 Å². The third-order valence-corrected chi connectivity index (χ3v) is 5.14. The lowest BCUT2D eigenvalue weighted by Gasteiger charge is -2.23. The number of aliphatic carboxylic acids is 1. The van der Waals surface area contributed by atoms with Crippen molar-refractivity contribution in [2.45, 2.75) is 19.3 Å². The number of nitrogens with one attached hydrogen (secondary N) is 1. The van der Waals surface area contributed by atoms with E-state index in [1.54, 1.807) is 17.0 Å². The highest BCUT2D eigenvalue weighted by Crippen LogP contribution is 2.48. The van der Waals surface area contributed by atoms with Crippen LogP contribution in [0.5, 0.6) is 5.88 Å². The highest BCUT2D eigenvalue weighted by molar-refractivity contribution is 6.30. The Morgan fingerprint density at radius 3 is 3.00 bits per heavy atom. The van der Waals surface area contributed by atoms with E-state index < -0.39 is 11.4 Å². The maximum atomic E-state index is 12.2. The molecule has 24 heavy (non-hydrogen) atoms. The molecular formula is C16H20ClN3O4. The van der Waals surface area contributed by atoms with Gasteiger partial charge in [0.05, 0.1) is 17.0 Å². The highest BCUT2D eigenvalue weighted by Gasteiger charge is 2.55. The minimum atomic E-state index is -0.780. The molecule has 130 valence electrons. The first kappa shape index (κ1) is 16.8.